The van der Waals surface area contributed by atoms with E-state index in [0.29, 0.717) is 18.9 Å². The third-order valence-corrected chi connectivity index (χ3v) is 3.89. The van der Waals surface area contributed by atoms with E-state index >= 15 is 0 Å². The summed E-state index contributed by atoms with van der Waals surface area (Å²) in [5.74, 6) is 0.555. The number of likely N-dealkylation sites (N-methyl/N-ethyl adjacent to an activating group) is 1. The average Bonchev–Trinajstić information content (AvgIpc) is 2.46. The normalized spacial score (nSPS) is 14.0. The van der Waals surface area contributed by atoms with Gasteiger partial charge in [0.1, 0.15) is 11.3 Å². The average molecular weight is 293 g/mol. The Balaban J connectivity index is 2.40. The van der Waals surface area contributed by atoms with Crippen LogP contribution < -0.4 is 10.1 Å². The molecule has 0 heterocycles. The predicted molar refractivity (Wildman–Crippen MR) is 85.0 cm³/mol. The molecule has 1 rings (SSSR count). The van der Waals surface area contributed by atoms with Gasteiger partial charge < -0.3 is 15.2 Å². The highest BCUT2D eigenvalue weighted by Crippen LogP contribution is 2.26. The van der Waals surface area contributed by atoms with Crippen molar-refractivity contribution >= 4 is 5.97 Å². The molecule has 0 aliphatic rings. The topological polar surface area (TPSA) is 58.6 Å². The summed E-state index contributed by atoms with van der Waals surface area (Å²) in [5, 5.41) is 12.0. The van der Waals surface area contributed by atoms with Gasteiger partial charge in [-0.1, -0.05) is 32.0 Å². The third kappa shape index (κ3) is 5.05. The maximum Gasteiger partial charge on any atom is 0.323 e. The molecule has 1 atom stereocenters. The van der Waals surface area contributed by atoms with E-state index in [1.807, 2.05) is 18.2 Å². The molecule has 0 aliphatic carbocycles. The van der Waals surface area contributed by atoms with Gasteiger partial charge in [0.2, 0.25) is 0 Å². The summed E-state index contributed by atoms with van der Waals surface area (Å²) in [7, 11) is 1.68. The van der Waals surface area contributed by atoms with Gasteiger partial charge in [0.25, 0.3) is 0 Å². The van der Waals surface area contributed by atoms with Gasteiger partial charge in [-0.15, -0.1) is 0 Å². The van der Waals surface area contributed by atoms with E-state index in [4.69, 9.17) is 4.74 Å². The fraction of sp³-hybridized carbons (Fsp3) is 0.588. The van der Waals surface area contributed by atoms with E-state index in [1.165, 1.54) is 5.56 Å². The fourth-order valence-electron chi connectivity index (χ4n) is 2.19. The van der Waals surface area contributed by atoms with Crippen LogP contribution in [0.1, 0.15) is 51.5 Å². The van der Waals surface area contributed by atoms with Gasteiger partial charge in [0.15, 0.2) is 0 Å². The Kier molecular flexibility index (Phi) is 6.69. The number of rotatable bonds is 9. The number of benzene rings is 1. The lowest BCUT2D eigenvalue weighted by Gasteiger charge is -2.24. The monoisotopic (exact) mass is 293 g/mol. The van der Waals surface area contributed by atoms with Crippen molar-refractivity contribution in [2.45, 2.75) is 51.5 Å². The van der Waals surface area contributed by atoms with E-state index in [9.17, 15) is 9.90 Å². The minimum absolute atomic E-state index is 0.431. The molecule has 4 heteroatoms. The molecular weight excluding hydrogens is 266 g/mol. The van der Waals surface area contributed by atoms with Gasteiger partial charge in [-0.2, -0.15) is 0 Å². The molecule has 4 nitrogen and oxygen atoms in total. The van der Waals surface area contributed by atoms with Crippen LogP contribution >= 0.6 is 0 Å². The lowest BCUT2D eigenvalue weighted by Crippen LogP contribution is -2.47. The highest BCUT2D eigenvalue weighted by molar-refractivity contribution is 5.78. The number of carbonyl (C=O) groups is 1. The summed E-state index contributed by atoms with van der Waals surface area (Å²) in [6, 6.07) is 8.07. The van der Waals surface area contributed by atoms with Gasteiger partial charge in [-0.25, -0.2) is 0 Å². The molecule has 21 heavy (non-hydrogen) atoms. The van der Waals surface area contributed by atoms with Crippen LogP contribution in [0.4, 0.5) is 0 Å². The van der Waals surface area contributed by atoms with E-state index in [1.54, 1.807) is 14.0 Å². The smallest absolute Gasteiger partial charge is 0.323 e. The minimum Gasteiger partial charge on any atom is -0.493 e. The van der Waals surface area contributed by atoms with E-state index in [-0.39, 0.29) is 0 Å². The molecule has 0 aromatic heterocycles. The molecule has 1 aromatic carbocycles. The number of hydrogen-bond donors (Lipinski definition) is 2. The number of para-hydroxylation sites is 1. The van der Waals surface area contributed by atoms with Crippen molar-refractivity contribution in [3.05, 3.63) is 29.8 Å². The molecule has 0 fully saturated rings. The second-order valence-electron chi connectivity index (χ2n) is 5.89. The van der Waals surface area contributed by atoms with Crippen molar-refractivity contribution in [1.82, 2.24) is 5.32 Å². The predicted octanol–water partition coefficient (Wildman–Crippen LogP) is 3.42. The molecule has 0 radical (unpaired) electrons. The first kappa shape index (κ1) is 17.5. The van der Waals surface area contributed by atoms with Crippen LogP contribution in [0.2, 0.25) is 0 Å². The van der Waals surface area contributed by atoms with Crippen LogP contribution in [-0.2, 0) is 4.79 Å². The molecule has 0 saturated heterocycles. The summed E-state index contributed by atoms with van der Waals surface area (Å²) in [6.07, 6.45) is 2.25. The maximum atomic E-state index is 11.2. The number of carboxylic acids is 1. The highest BCUT2D eigenvalue weighted by Gasteiger charge is 2.30. The highest BCUT2D eigenvalue weighted by atomic mass is 16.5. The Hall–Kier alpha value is -1.55. The third-order valence-electron chi connectivity index (χ3n) is 3.89. The maximum absolute atomic E-state index is 11.2. The summed E-state index contributed by atoms with van der Waals surface area (Å²) >= 11 is 0. The molecule has 118 valence electrons. The van der Waals surface area contributed by atoms with Crippen molar-refractivity contribution < 1.29 is 14.6 Å². The number of unbranched alkanes of at least 4 members (excludes halogenated alkanes) is 1. The van der Waals surface area contributed by atoms with Crippen LogP contribution in [-0.4, -0.2) is 30.3 Å². The van der Waals surface area contributed by atoms with Crippen molar-refractivity contribution in [3.63, 3.8) is 0 Å². The number of aliphatic carboxylic acids is 1. The molecule has 0 bridgehead atoms. The molecule has 0 aliphatic heterocycles. The van der Waals surface area contributed by atoms with Crippen molar-refractivity contribution in [3.8, 4) is 5.75 Å². The second kappa shape index (κ2) is 8.03. The van der Waals surface area contributed by atoms with Gasteiger partial charge >= 0.3 is 5.97 Å². The van der Waals surface area contributed by atoms with E-state index < -0.39 is 11.5 Å². The van der Waals surface area contributed by atoms with Crippen LogP contribution in [0.15, 0.2) is 24.3 Å². The molecule has 2 N–H and O–H groups in total. The summed E-state index contributed by atoms with van der Waals surface area (Å²) < 4.78 is 5.84. The molecule has 0 saturated carbocycles. The van der Waals surface area contributed by atoms with Crippen LogP contribution in [0.5, 0.6) is 5.75 Å². The quantitative estimate of drug-likeness (QED) is 0.685. The Morgan fingerprint density at radius 2 is 2.00 bits per heavy atom. The van der Waals surface area contributed by atoms with E-state index in [0.717, 1.165) is 18.6 Å². The minimum atomic E-state index is -0.851. The zero-order valence-corrected chi connectivity index (χ0v) is 13.5. The van der Waals surface area contributed by atoms with Crippen molar-refractivity contribution in [2.24, 2.45) is 0 Å². The Morgan fingerprint density at radius 3 is 2.57 bits per heavy atom. The summed E-state index contributed by atoms with van der Waals surface area (Å²) in [4.78, 5) is 11.2. The Bertz CT molecular complexity index is 459. The lowest BCUT2D eigenvalue weighted by molar-refractivity contribution is -0.144. The van der Waals surface area contributed by atoms with Gasteiger partial charge in [-0.05, 0) is 50.8 Å². The SMILES string of the molecule is CNC(C)(CCCCOc1ccccc1C(C)C)C(=O)O. The zero-order valence-electron chi connectivity index (χ0n) is 13.5. The molecule has 1 aromatic rings. The number of carboxylic acid groups (broad SMARTS) is 1. The number of ether oxygens (including phenoxy) is 1. The van der Waals surface area contributed by atoms with Gasteiger partial charge in [0.05, 0.1) is 6.61 Å². The molecule has 1 unspecified atom stereocenters. The fourth-order valence-corrected chi connectivity index (χ4v) is 2.19. The van der Waals surface area contributed by atoms with E-state index in [2.05, 4.69) is 25.2 Å². The Labute approximate surface area is 127 Å². The number of nitrogens with one attached hydrogen (secondary N) is 1. The summed E-state index contributed by atoms with van der Waals surface area (Å²) in [6.45, 7) is 6.62. The standard InChI is InChI=1S/C17H27NO3/c1-13(2)14-9-5-6-10-15(14)21-12-8-7-11-17(3,18-4)16(19)20/h5-6,9-10,13,18H,7-8,11-12H2,1-4H3,(H,19,20). The second-order valence-corrected chi connectivity index (χ2v) is 5.89. The molecule has 0 amide bonds. The molecule has 0 spiro atoms. The van der Waals surface area contributed by atoms with Gasteiger partial charge in [-0.3, -0.25) is 4.79 Å². The number of hydrogen-bond acceptors (Lipinski definition) is 3. The van der Waals surface area contributed by atoms with Crippen molar-refractivity contribution in [2.75, 3.05) is 13.7 Å². The molecular formula is C17H27NO3. The van der Waals surface area contributed by atoms with Gasteiger partial charge in [0, 0.05) is 0 Å². The Morgan fingerprint density at radius 1 is 1.33 bits per heavy atom. The first-order chi connectivity index (χ1) is 9.90. The van der Waals surface area contributed by atoms with Crippen molar-refractivity contribution in [1.29, 1.82) is 0 Å². The first-order valence-corrected chi connectivity index (χ1v) is 7.54. The first-order valence-electron chi connectivity index (χ1n) is 7.54. The lowest BCUT2D eigenvalue weighted by atomic mass is 9.95. The summed E-state index contributed by atoms with van der Waals surface area (Å²) in [5.41, 5.74) is 0.360. The van der Waals surface area contributed by atoms with Crippen LogP contribution in [0.3, 0.4) is 0 Å². The largest absolute Gasteiger partial charge is 0.493 e. The zero-order chi connectivity index (χ0) is 15.9. The van der Waals surface area contributed by atoms with Crippen LogP contribution in [0.25, 0.3) is 0 Å². The van der Waals surface area contributed by atoms with Crippen LogP contribution in [0, 0.1) is 0 Å².